The molecular formula is C16H12I2N2O4. The van der Waals surface area contributed by atoms with Gasteiger partial charge in [-0.2, -0.15) is 5.10 Å². The van der Waals surface area contributed by atoms with Crippen LogP contribution in [-0.2, 0) is 0 Å². The Morgan fingerprint density at radius 3 is 2.71 bits per heavy atom. The molecule has 0 fully saturated rings. The molecule has 0 spiro atoms. The normalized spacial score (nSPS) is 13.1. The molecule has 3 rings (SSSR count). The van der Waals surface area contributed by atoms with Gasteiger partial charge in [-0.05, 0) is 75.5 Å². The number of halogens is 2. The van der Waals surface area contributed by atoms with Crippen LogP contribution in [0.25, 0.3) is 0 Å². The van der Waals surface area contributed by atoms with Gasteiger partial charge in [0.1, 0.15) is 19.0 Å². The van der Waals surface area contributed by atoms with Crippen molar-refractivity contribution in [2.45, 2.75) is 0 Å². The molecule has 24 heavy (non-hydrogen) atoms. The first-order chi connectivity index (χ1) is 11.5. The van der Waals surface area contributed by atoms with Gasteiger partial charge in [0.25, 0.3) is 5.91 Å². The molecule has 2 aromatic rings. The van der Waals surface area contributed by atoms with Crippen LogP contribution in [0.5, 0.6) is 17.2 Å². The van der Waals surface area contributed by atoms with Gasteiger partial charge in [-0.1, -0.05) is 0 Å². The topological polar surface area (TPSA) is 80.2 Å². The van der Waals surface area contributed by atoms with Gasteiger partial charge in [0.2, 0.25) is 0 Å². The molecule has 0 aliphatic carbocycles. The van der Waals surface area contributed by atoms with Crippen LogP contribution in [0.4, 0.5) is 0 Å². The van der Waals surface area contributed by atoms with E-state index in [2.05, 4.69) is 33.1 Å². The van der Waals surface area contributed by atoms with Crippen LogP contribution in [-0.4, -0.2) is 30.4 Å². The molecule has 124 valence electrons. The summed E-state index contributed by atoms with van der Waals surface area (Å²) < 4.78 is 12.6. The molecule has 0 atom stereocenters. The predicted molar refractivity (Wildman–Crippen MR) is 106 cm³/mol. The van der Waals surface area contributed by atoms with E-state index in [0.717, 1.165) is 7.14 Å². The monoisotopic (exact) mass is 550 g/mol. The molecule has 1 aliphatic heterocycles. The van der Waals surface area contributed by atoms with E-state index in [4.69, 9.17) is 9.47 Å². The Morgan fingerprint density at radius 2 is 1.92 bits per heavy atom. The number of nitrogens with zero attached hydrogens (tertiary/aromatic N) is 1. The minimum absolute atomic E-state index is 0.133. The SMILES string of the molecule is O=C(N/N=C/c1cc(I)cc(I)c1O)c1ccc2c(c1)OCCO2. The summed E-state index contributed by atoms with van der Waals surface area (Å²) in [6.07, 6.45) is 1.41. The van der Waals surface area contributed by atoms with E-state index in [0.29, 0.717) is 35.8 Å². The maximum atomic E-state index is 12.2. The highest BCUT2D eigenvalue weighted by Crippen LogP contribution is 2.30. The number of phenols is 1. The Bertz CT molecular complexity index is 824. The van der Waals surface area contributed by atoms with Gasteiger partial charge < -0.3 is 14.6 Å². The zero-order chi connectivity index (χ0) is 17.1. The molecule has 2 N–H and O–H groups in total. The molecule has 8 heteroatoms. The van der Waals surface area contributed by atoms with Crippen molar-refractivity contribution >= 4 is 57.3 Å². The quantitative estimate of drug-likeness (QED) is 0.350. The van der Waals surface area contributed by atoms with Crippen LogP contribution in [0.3, 0.4) is 0 Å². The summed E-state index contributed by atoms with van der Waals surface area (Å²) in [5.74, 6) is 0.929. The lowest BCUT2D eigenvalue weighted by atomic mass is 10.2. The van der Waals surface area contributed by atoms with Crippen molar-refractivity contribution in [3.8, 4) is 17.2 Å². The van der Waals surface area contributed by atoms with Crippen LogP contribution < -0.4 is 14.9 Å². The smallest absolute Gasteiger partial charge is 0.271 e. The molecule has 0 bridgehead atoms. The molecule has 1 heterocycles. The predicted octanol–water partition coefficient (Wildman–Crippen LogP) is 3.14. The van der Waals surface area contributed by atoms with Gasteiger partial charge in [-0.25, -0.2) is 5.43 Å². The molecule has 0 radical (unpaired) electrons. The van der Waals surface area contributed by atoms with Crippen molar-refractivity contribution < 1.29 is 19.4 Å². The van der Waals surface area contributed by atoms with Gasteiger partial charge >= 0.3 is 0 Å². The summed E-state index contributed by atoms with van der Waals surface area (Å²) in [5.41, 5.74) is 3.39. The molecule has 6 nitrogen and oxygen atoms in total. The Hall–Kier alpha value is -1.56. The second-order valence-electron chi connectivity index (χ2n) is 4.88. The summed E-state index contributed by atoms with van der Waals surface area (Å²) in [6.45, 7) is 0.960. The van der Waals surface area contributed by atoms with Crippen LogP contribution >= 0.6 is 45.2 Å². The fourth-order valence-corrected chi connectivity index (χ4v) is 3.98. The largest absolute Gasteiger partial charge is 0.506 e. The molecule has 0 aromatic heterocycles. The molecule has 0 saturated heterocycles. The molecule has 1 amide bonds. The van der Waals surface area contributed by atoms with Gasteiger partial charge in [-0.3, -0.25) is 4.79 Å². The molecule has 0 saturated carbocycles. The van der Waals surface area contributed by atoms with E-state index < -0.39 is 0 Å². The number of amides is 1. The standard InChI is InChI=1S/C16H12I2N2O4/c17-11-5-10(15(21)12(18)7-11)8-19-20-16(22)9-1-2-13-14(6-9)24-4-3-23-13/h1-2,5-8,21H,3-4H2,(H,20,22)/b19-8+. The molecule has 0 unspecified atom stereocenters. The van der Waals surface area contributed by atoms with Crippen LogP contribution in [0.1, 0.15) is 15.9 Å². The highest BCUT2D eigenvalue weighted by molar-refractivity contribution is 14.1. The number of carbonyl (C=O) groups is 1. The zero-order valence-corrected chi connectivity index (χ0v) is 16.6. The van der Waals surface area contributed by atoms with Crippen molar-refractivity contribution in [2.24, 2.45) is 5.10 Å². The van der Waals surface area contributed by atoms with E-state index in [1.165, 1.54) is 6.21 Å². The molecule has 2 aromatic carbocycles. The maximum absolute atomic E-state index is 12.2. The highest BCUT2D eigenvalue weighted by Gasteiger charge is 2.14. The van der Waals surface area contributed by atoms with Gasteiger partial charge in [0.05, 0.1) is 9.78 Å². The van der Waals surface area contributed by atoms with E-state index in [-0.39, 0.29) is 11.7 Å². The second kappa shape index (κ2) is 7.55. The lowest BCUT2D eigenvalue weighted by Gasteiger charge is -2.18. The number of rotatable bonds is 3. The van der Waals surface area contributed by atoms with E-state index in [1.54, 1.807) is 24.3 Å². The van der Waals surface area contributed by atoms with Crippen molar-refractivity contribution in [3.63, 3.8) is 0 Å². The summed E-state index contributed by atoms with van der Waals surface area (Å²) in [4.78, 5) is 12.2. The Balaban J connectivity index is 1.72. The van der Waals surface area contributed by atoms with Crippen molar-refractivity contribution in [1.29, 1.82) is 0 Å². The Morgan fingerprint density at radius 1 is 1.17 bits per heavy atom. The van der Waals surface area contributed by atoms with E-state index in [1.807, 2.05) is 28.7 Å². The lowest BCUT2D eigenvalue weighted by Crippen LogP contribution is -2.19. The first-order valence-corrected chi connectivity index (χ1v) is 9.11. The minimum atomic E-state index is -0.372. The Labute approximate surface area is 165 Å². The van der Waals surface area contributed by atoms with E-state index in [9.17, 15) is 9.90 Å². The minimum Gasteiger partial charge on any atom is -0.506 e. The highest BCUT2D eigenvalue weighted by atomic mass is 127. The fourth-order valence-electron chi connectivity index (χ4n) is 2.09. The summed E-state index contributed by atoms with van der Waals surface area (Å²) in [5, 5.41) is 13.9. The van der Waals surface area contributed by atoms with Crippen molar-refractivity contribution in [1.82, 2.24) is 5.43 Å². The fraction of sp³-hybridized carbons (Fsp3) is 0.125. The number of hydrogen-bond donors (Lipinski definition) is 2. The number of phenolic OH excluding ortho intramolecular Hbond substituents is 1. The number of fused-ring (bicyclic) bond motifs is 1. The first kappa shape index (κ1) is 17.3. The summed E-state index contributed by atoms with van der Waals surface area (Å²) in [7, 11) is 0. The van der Waals surface area contributed by atoms with Crippen molar-refractivity contribution in [3.05, 3.63) is 48.6 Å². The van der Waals surface area contributed by atoms with Gasteiger partial charge in [0.15, 0.2) is 11.5 Å². The van der Waals surface area contributed by atoms with Gasteiger partial charge in [0, 0.05) is 14.7 Å². The third-order valence-electron chi connectivity index (χ3n) is 3.23. The number of ether oxygens (including phenoxy) is 2. The van der Waals surface area contributed by atoms with Gasteiger partial charge in [-0.15, -0.1) is 0 Å². The number of benzene rings is 2. The average molecular weight is 550 g/mol. The number of hydrogen-bond acceptors (Lipinski definition) is 5. The van der Waals surface area contributed by atoms with Crippen LogP contribution in [0.2, 0.25) is 0 Å². The second-order valence-corrected chi connectivity index (χ2v) is 7.29. The average Bonchev–Trinajstić information content (AvgIpc) is 2.58. The van der Waals surface area contributed by atoms with Crippen LogP contribution in [0, 0.1) is 7.14 Å². The maximum Gasteiger partial charge on any atom is 0.271 e. The summed E-state index contributed by atoms with van der Waals surface area (Å²) >= 11 is 4.19. The number of aromatic hydroxyl groups is 1. The van der Waals surface area contributed by atoms with E-state index >= 15 is 0 Å². The number of hydrazone groups is 1. The van der Waals surface area contributed by atoms with Crippen LogP contribution in [0.15, 0.2) is 35.4 Å². The third-order valence-corrected chi connectivity index (χ3v) is 4.68. The third kappa shape index (κ3) is 3.91. The molecular weight excluding hydrogens is 538 g/mol. The zero-order valence-electron chi connectivity index (χ0n) is 12.3. The molecule has 1 aliphatic rings. The first-order valence-electron chi connectivity index (χ1n) is 6.95. The lowest BCUT2D eigenvalue weighted by molar-refractivity contribution is 0.0954. The number of carbonyl (C=O) groups excluding carboxylic acids is 1. The number of nitrogens with one attached hydrogen (secondary N) is 1. The summed E-state index contributed by atoms with van der Waals surface area (Å²) in [6, 6.07) is 8.58. The van der Waals surface area contributed by atoms with Crippen molar-refractivity contribution in [2.75, 3.05) is 13.2 Å². The Kier molecular flexibility index (Phi) is 5.43.